The number of aromatic nitrogens is 2. The normalized spacial score (nSPS) is 21.6. The summed E-state index contributed by atoms with van der Waals surface area (Å²) in [7, 11) is 0. The molecule has 2 aromatic heterocycles. The third-order valence-corrected chi connectivity index (χ3v) is 7.32. The van der Waals surface area contributed by atoms with Gasteiger partial charge in [-0.25, -0.2) is 18.7 Å². The lowest BCUT2D eigenvalue weighted by Gasteiger charge is -2.47. The van der Waals surface area contributed by atoms with Crippen molar-refractivity contribution in [1.29, 1.82) is 5.26 Å². The molecule has 0 bridgehead atoms. The molecule has 7 nitrogen and oxygen atoms in total. The van der Waals surface area contributed by atoms with E-state index in [1.165, 1.54) is 0 Å². The Bertz CT molecular complexity index is 1100. The Morgan fingerprint density at radius 2 is 2.06 bits per heavy atom. The number of nitriles is 1. The molecule has 1 aliphatic heterocycles. The van der Waals surface area contributed by atoms with E-state index in [0.29, 0.717) is 31.5 Å². The van der Waals surface area contributed by atoms with Gasteiger partial charge in [0.1, 0.15) is 23.1 Å². The van der Waals surface area contributed by atoms with Crippen molar-refractivity contribution in [2.75, 3.05) is 24.6 Å². The number of ether oxygens (including phenoxy) is 1. The predicted octanol–water partition coefficient (Wildman–Crippen LogP) is 4.30. The number of halogens is 3. The lowest BCUT2D eigenvalue weighted by molar-refractivity contribution is -0.155. The fourth-order valence-corrected chi connectivity index (χ4v) is 5.15. The molecule has 2 atom stereocenters. The van der Waals surface area contributed by atoms with Gasteiger partial charge < -0.3 is 14.5 Å². The highest BCUT2D eigenvalue weighted by Crippen LogP contribution is 2.47. The number of hydrogen-bond donors (Lipinski definition) is 0. The van der Waals surface area contributed by atoms with Crippen molar-refractivity contribution >= 4 is 27.7 Å². The Morgan fingerprint density at radius 1 is 1.29 bits per heavy atom. The summed E-state index contributed by atoms with van der Waals surface area (Å²) in [6.07, 6.45) is 4.96. The average Bonchev–Trinajstić information content (AvgIpc) is 2.81. The van der Waals surface area contributed by atoms with Crippen LogP contribution in [0.25, 0.3) is 0 Å². The highest BCUT2D eigenvalue weighted by molar-refractivity contribution is 9.10. The first-order valence-corrected chi connectivity index (χ1v) is 12.1. The first kappa shape index (κ1) is 24.5. The molecule has 0 radical (unpaired) electrons. The van der Waals surface area contributed by atoms with E-state index in [2.05, 4.69) is 43.8 Å². The largest absolute Gasteiger partial charge is 0.360 e. The maximum Gasteiger partial charge on any atom is 0.248 e. The number of carbonyl (C=O) groups excluding carboxylic acids is 1. The molecule has 1 saturated heterocycles. The third kappa shape index (κ3) is 4.51. The molecule has 3 heterocycles. The number of hydrogen-bond acceptors (Lipinski definition) is 6. The summed E-state index contributed by atoms with van der Waals surface area (Å²) >= 11 is 3.01. The fourth-order valence-electron chi connectivity index (χ4n) is 4.85. The van der Waals surface area contributed by atoms with Crippen molar-refractivity contribution in [2.24, 2.45) is 0 Å². The quantitative estimate of drug-likeness (QED) is 0.515. The van der Waals surface area contributed by atoms with Crippen LogP contribution in [0.5, 0.6) is 0 Å². The minimum absolute atomic E-state index is 0.00760. The van der Waals surface area contributed by atoms with Gasteiger partial charge in [-0.05, 0) is 60.7 Å². The second-order valence-electron chi connectivity index (χ2n) is 8.86. The monoisotopic (exact) mass is 533 g/mol. The summed E-state index contributed by atoms with van der Waals surface area (Å²) in [6, 6.07) is 5.67. The number of piperazine rings is 1. The average molecular weight is 534 g/mol. The van der Waals surface area contributed by atoms with Crippen LogP contribution in [0.4, 0.5) is 14.6 Å². The molecule has 180 valence electrons. The summed E-state index contributed by atoms with van der Waals surface area (Å²) in [5.41, 5.74) is -0.821. The van der Waals surface area contributed by atoms with E-state index < -0.39 is 17.2 Å². The van der Waals surface area contributed by atoms with E-state index >= 15 is 0 Å². The molecular weight excluding hydrogens is 508 g/mol. The molecule has 2 fully saturated rings. The smallest absolute Gasteiger partial charge is 0.248 e. The minimum Gasteiger partial charge on any atom is -0.360 e. The summed E-state index contributed by atoms with van der Waals surface area (Å²) in [5, 5.41) is 9.02. The fraction of sp³-hybridized carbons (Fsp3) is 0.500. The van der Waals surface area contributed by atoms with E-state index in [9.17, 15) is 13.6 Å². The number of nitrogens with zero attached hydrogens (tertiary/aromatic N) is 5. The van der Waals surface area contributed by atoms with Gasteiger partial charge in [0, 0.05) is 31.4 Å². The highest BCUT2D eigenvalue weighted by Gasteiger charge is 2.45. The second kappa shape index (κ2) is 9.92. The van der Waals surface area contributed by atoms with E-state index in [1.807, 2.05) is 13.0 Å². The van der Waals surface area contributed by atoms with Crippen LogP contribution in [0.15, 0.2) is 29.1 Å². The minimum atomic E-state index is -1.15. The Hall–Kier alpha value is -2.64. The molecular formula is C24H26BrF2N5O2. The van der Waals surface area contributed by atoms with Gasteiger partial charge >= 0.3 is 0 Å². The van der Waals surface area contributed by atoms with Crippen molar-refractivity contribution in [2.45, 2.75) is 57.2 Å². The van der Waals surface area contributed by atoms with Crippen molar-refractivity contribution < 1.29 is 18.3 Å². The number of carbonyl (C=O) groups is 1. The van der Waals surface area contributed by atoms with E-state index in [0.717, 1.165) is 24.9 Å². The van der Waals surface area contributed by atoms with Crippen LogP contribution in [-0.4, -0.2) is 52.6 Å². The molecule has 10 heteroatoms. The Balaban J connectivity index is 1.46. The zero-order valence-electron chi connectivity index (χ0n) is 19.1. The van der Waals surface area contributed by atoms with Crippen molar-refractivity contribution in [3.05, 3.63) is 51.9 Å². The number of rotatable bonds is 6. The molecule has 1 saturated carbocycles. The Kier molecular flexibility index (Phi) is 7.14. The maximum absolute atomic E-state index is 14.7. The Labute approximate surface area is 205 Å². The Morgan fingerprint density at radius 3 is 2.65 bits per heavy atom. The molecule has 0 aromatic carbocycles. The van der Waals surface area contributed by atoms with Gasteiger partial charge in [-0.2, -0.15) is 5.26 Å². The summed E-state index contributed by atoms with van der Waals surface area (Å²) in [6.45, 7) is 4.78. The highest BCUT2D eigenvalue weighted by atomic mass is 79.9. The molecule has 2 unspecified atom stereocenters. The van der Waals surface area contributed by atoms with E-state index in [1.54, 1.807) is 17.2 Å². The number of anilines is 1. The van der Waals surface area contributed by atoms with Gasteiger partial charge in [0.15, 0.2) is 11.6 Å². The van der Waals surface area contributed by atoms with E-state index in [4.69, 9.17) is 10.00 Å². The van der Waals surface area contributed by atoms with Gasteiger partial charge in [0.25, 0.3) is 0 Å². The molecule has 2 aromatic rings. The van der Waals surface area contributed by atoms with E-state index in [-0.39, 0.29) is 34.8 Å². The lowest BCUT2D eigenvalue weighted by Crippen LogP contribution is -2.60. The topological polar surface area (TPSA) is 82.4 Å². The first-order chi connectivity index (χ1) is 16.3. The molecule has 34 heavy (non-hydrogen) atoms. The van der Waals surface area contributed by atoms with Crippen LogP contribution in [-0.2, 0) is 15.1 Å². The summed E-state index contributed by atoms with van der Waals surface area (Å²) in [4.78, 5) is 25.1. The van der Waals surface area contributed by atoms with Gasteiger partial charge in [-0.15, -0.1) is 0 Å². The standard InChI is InChI=1S/C24H26BrF2N5O2/c1-3-17-13-31(12-15(2)32(17)19-6-5-16(9-28)10-29-19)20(33)14-34-24(7-4-8-24)21-18(26)11-30-23(25)22(21)27/h5-6,10-11,15,17H,3-4,7-8,12-14H2,1-2H3. The van der Waals surface area contributed by atoms with Crippen LogP contribution in [0.2, 0.25) is 0 Å². The first-order valence-electron chi connectivity index (χ1n) is 11.4. The molecule has 1 aliphatic carbocycles. The predicted molar refractivity (Wildman–Crippen MR) is 125 cm³/mol. The molecule has 0 spiro atoms. The van der Waals surface area contributed by atoms with Crippen LogP contribution >= 0.6 is 15.9 Å². The number of amides is 1. The second-order valence-corrected chi connectivity index (χ2v) is 9.61. The van der Waals surface area contributed by atoms with Crippen molar-refractivity contribution in [3.8, 4) is 6.07 Å². The van der Waals surface area contributed by atoms with Crippen molar-refractivity contribution in [3.63, 3.8) is 0 Å². The summed E-state index contributed by atoms with van der Waals surface area (Å²) in [5.74, 6) is -0.992. The van der Waals surface area contributed by atoms with Gasteiger partial charge in [0.2, 0.25) is 5.91 Å². The van der Waals surface area contributed by atoms with Crippen LogP contribution in [0.3, 0.4) is 0 Å². The molecule has 4 rings (SSSR count). The van der Waals surface area contributed by atoms with Crippen LogP contribution in [0.1, 0.15) is 50.7 Å². The summed E-state index contributed by atoms with van der Waals surface area (Å²) < 4.78 is 35.1. The molecule has 0 N–H and O–H groups in total. The van der Waals surface area contributed by atoms with Gasteiger partial charge in [-0.1, -0.05) is 6.92 Å². The zero-order valence-corrected chi connectivity index (χ0v) is 20.7. The number of pyridine rings is 2. The van der Waals surface area contributed by atoms with Crippen molar-refractivity contribution in [1.82, 2.24) is 14.9 Å². The molecule has 2 aliphatic rings. The molecule has 1 amide bonds. The third-order valence-electron chi connectivity index (χ3n) is 6.77. The maximum atomic E-state index is 14.7. The van der Waals surface area contributed by atoms with Gasteiger partial charge in [0.05, 0.1) is 22.9 Å². The SMILES string of the molecule is CCC1CN(C(=O)COC2(c3c(F)cnc(Br)c3F)CCC2)CC(C)N1c1ccc(C#N)cn1. The van der Waals surface area contributed by atoms with Gasteiger partial charge in [-0.3, -0.25) is 4.79 Å². The zero-order chi connectivity index (χ0) is 24.5. The lowest BCUT2D eigenvalue weighted by atomic mass is 9.74. The van der Waals surface area contributed by atoms with Crippen LogP contribution < -0.4 is 4.90 Å². The van der Waals surface area contributed by atoms with Crippen LogP contribution in [0, 0.1) is 23.0 Å².